The summed E-state index contributed by atoms with van der Waals surface area (Å²) in [6.45, 7) is 0.904. The number of nitrogens with zero attached hydrogens (tertiary/aromatic N) is 2. The molecular formula is C24H28N2O8. The number of esters is 1. The van der Waals surface area contributed by atoms with Crippen molar-refractivity contribution in [2.75, 3.05) is 45.9 Å². The van der Waals surface area contributed by atoms with Gasteiger partial charge in [0.15, 0.2) is 18.1 Å². The van der Waals surface area contributed by atoms with E-state index in [0.29, 0.717) is 11.4 Å². The van der Waals surface area contributed by atoms with Crippen LogP contribution < -0.4 is 19.1 Å². The Kier molecular flexibility index (Phi) is 8.29. The molecule has 3 rings (SSSR count). The zero-order valence-corrected chi connectivity index (χ0v) is 19.5. The summed E-state index contributed by atoms with van der Waals surface area (Å²) >= 11 is 0. The molecule has 2 aromatic carbocycles. The maximum Gasteiger partial charge on any atom is 0.338 e. The van der Waals surface area contributed by atoms with E-state index in [1.165, 1.54) is 45.6 Å². The Morgan fingerprint density at radius 2 is 1.53 bits per heavy atom. The highest BCUT2D eigenvalue weighted by molar-refractivity contribution is 6.00. The highest BCUT2D eigenvalue weighted by Crippen LogP contribution is 2.38. The molecule has 0 radical (unpaired) electrons. The molecule has 1 fully saturated rings. The molecule has 2 aromatic rings. The molecule has 0 atom stereocenters. The van der Waals surface area contributed by atoms with Crippen LogP contribution in [0.25, 0.3) is 0 Å². The van der Waals surface area contributed by atoms with Crippen LogP contribution in [0.3, 0.4) is 0 Å². The van der Waals surface area contributed by atoms with E-state index >= 15 is 0 Å². The van der Waals surface area contributed by atoms with Crippen LogP contribution in [0.4, 0.5) is 11.4 Å². The molecule has 0 aliphatic carbocycles. The van der Waals surface area contributed by atoms with Gasteiger partial charge in [0.2, 0.25) is 11.5 Å². The fraction of sp³-hybridized carbons (Fsp3) is 0.417. The van der Waals surface area contributed by atoms with Crippen molar-refractivity contribution in [3.63, 3.8) is 0 Å². The van der Waals surface area contributed by atoms with Crippen molar-refractivity contribution in [2.24, 2.45) is 0 Å². The number of rotatable bonds is 9. The van der Waals surface area contributed by atoms with Crippen LogP contribution >= 0.6 is 0 Å². The Morgan fingerprint density at radius 3 is 2.06 bits per heavy atom. The third-order valence-corrected chi connectivity index (χ3v) is 5.68. The van der Waals surface area contributed by atoms with Crippen molar-refractivity contribution < 1.29 is 33.5 Å². The molecule has 0 bridgehead atoms. The number of benzene rings is 2. The van der Waals surface area contributed by atoms with Gasteiger partial charge in [-0.05, 0) is 37.1 Å². The van der Waals surface area contributed by atoms with Crippen LogP contribution in [-0.4, -0.2) is 57.7 Å². The van der Waals surface area contributed by atoms with Gasteiger partial charge in [-0.1, -0.05) is 12.8 Å². The van der Waals surface area contributed by atoms with Crippen molar-refractivity contribution in [1.82, 2.24) is 0 Å². The third kappa shape index (κ3) is 5.56. The molecule has 1 aliphatic rings. The van der Waals surface area contributed by atoms with Gasteiger partial charge in [0.05, 0.1) is 31.8 Å². The highest BCUT2D eigenvalue weighted by atomic mass is 16.6. The van der Waals surface area contributed by atoms with Gasteiger partial charge >= 0.3 is 5.97 Å². The van der Waals surface area contributed by atoms with E-state index in [0.717, 1.165) is 38.8 Å². The van der Waals surface area contributed by atoms with E-state index in [2.05, 4.69) is 0 Å². The van der Waals surface area contributed by atoms with Crippen LogP contribution in [-0.2, 0) is 4.74 Å². The van der Waals surface area contributed by atoms with Gasteiger partial charge in [0.1, 0.15) is 5.69 Å². The number of carbonyl (C=O) groups excluding carboxylic acids is 2. The lowest BCUT2D eigenvalue weighted by Crippen LogP contribution is -2.25. The molecule has 1 saturated heterocycles. The van der Waals surface area contributed by atoms with Crippen molar-refractivity contribution in [3.8, 4) is 17.2 Å². The summed E-state index contributed by atoms with van der Waals surface area (Å²) in [4.78, 5) is 38.4. The van der Waals surface area contributed by atoms with Gasteiger partial charge in [-0.3, -0.25) is 14.9 Å². The molecule has 0 spiro atoms. The van der Waals surface area contributed by atoms with Gasteiger partial charge in [-0.2, -0.15) is 0 Å². The summed E-state index contributed by atoms with van der Waals surface area (Å²) in [6, 6.07) is 7.17. The minimum absolute atomic E-state index is 0.00274. The van der Waals surface area contributed by atoms with E-state index in [4.69, 9.17) is 18.9 Å². The first-order chi connectivity index (χ1) is 16.4. The highest BCUT2D eigenvalue weighted by Gasteiger charge is 2.24. The van der Waals surface area contributed by atoms with Gasteiger partial charge in [-0.15, -0.1) is 0 Å². The standard InChI is InChI=1S/C24H28N2O8/c1-31-21-13-17(14-22(32-2)23(21)33-3)20(27)15-34-24(28)16-8-9-18(19(12-16)26(29)30)25-10-6-4-5-7-11-25/h8-9,12-14H,4-7,10-11,15H2,1-3H3. The van der Waals surface area contributed by atoms with Gasteiger partial charge in [0.25, 0.3) is 5.69 Å². The average molecular weight is 472 g/mol. The van der Waals surface area contributed by atoms with Crippen molar-refractivity contribution >= 4 is 23.1 Å². The molecular weight excluding hydrogens is 444 g/mol. The number of ether oxygens (including phenoxy) is 4. The summed E-state index contributed by atoms with van der Waals surface area (Å²) in [5.41, 5.74) is 0.525. The van der Waals surface area contributed by atoms with E-state index in [1.807, 2.05) is 4.90 Å². The van der Waals surface area contributed by atoms with Crippen LogP contribution in [0.15, 0.2) is 30.3 Å². The first kappa shape index (κ1) is 24.8. The number of nitro groups is 1. The number of carbonyl (C=O) groups is 2. The smallest absolute Gasteiger partial charge is 0.338 e. The first-order valence-corrected chi connectivity index (χ1v) is 10.9. The van der Waals surface area contributed by atoms with Crippen molar-refractivity contribution in [2.45, 2.75) is 25.7 Å². The van der Waals surface area contributed by atoms with Crippen molar-refractivity contribution in [1.29, 1.82) is 0 Å². The normalized spacial score (nSPS) is 13.6. The van der Waals surface area contributed by atoms with Crippen LogP contribution in [0.1, 0.15) is 46.4 Å². The second kappa shape index (κ2) is 11.4. The molecule has 182 valence electrons. The predicted octanol–water partition coefficient (Wildman–Crippen LogP) is 4.04. The topological polar surface area (TPSA) is 117 Å². The summed E-state index contributed by atoms with van der Waals surface area (Å²) in [7, 11) is 4.29. The largest absolute Gasteiger partial charge is 0.493 e. The molecule has 0 amide bonds. The Bertz CT molecular complexity index is 1040. The van der Waals surface area contributed by atoms with Gasteiger partial charge < -0.3 is 23.8 Å². The fourth-order valence-corrected chi connectivity index (χ4v) is 3.92. The van der Waals surface area contributed by atoms with Crippen molar-refractivity contribution in [3.05, 3.63) is 51.6 Å². The van der Waals surface area contributed by atoms with E-state index in [9.17, 15) is 19.7 Å². The summed E-state index contributed by atoms with van der Waals surface area (Å²) < 4.78 is 20.9. The third-order valence-electron chi connectivity index (χ3n) is 5.68. The maximum absolute atomic E-state index is 12.6. The molecule has 0 saturated carbocycles. The van der Waals surface area contributed by atoms with E-state index in [1.54, 1.807) is 6.07 Å². The minimum Gasteiger partial charge on any atom is -0.493 e. The molecule has 10 nitrogen and oxygen atoms in total. The maximum atomic E-state index is 12.6. The predicted molar refractivity (Wildman–Crippen MR) is 124 cm³/mol. The number of hydrogen-bond acceptors (Lipinski definition) is 9. The van der Waals surface area contributed by atoms with Crippen LogP contribution in [0, 0.1) is 10.1 Å². The zero-order chi connectivity index (χ0) is 24.7. The molecule has 0 aromatic heterocycles. The molecule has 1 aliphatic heterocycles. The quantitative estimate of drug-likeness (QED) is 0.231. The average Bonchev–Trinajstić information content (AvgIpc) is 3.15. The van der Waals surface area contributed by atoms with Gasteiger partial charge in [-0.25, -0.2) is 4.79 Å². The zero-order valence-electron chi connectivity index (χ0n) is 19.5. The Balaban J connectivity index is 1.75. The lowest BCUT2D eigenvalue weighted by Gasteiger charge is -2.22. The summed E-state index contributed by atoms with van der Waals surface area (Å²) in [5, 5.41) is 11.7. The lowest BCUT2D eigenvalue weighted by atomic mass is 10.1. The Labute approximate surface area is 197 Å². The minimum atomic E-state index is -0.827. The van der Waals surface area contributed by atoms with Gasteiger partial charge in [0, 0.05) is 24.7 Å². The molecule has 10 heteroatoms. The lowest BCUT2D eigenvalue weighted by molar-refractivity contribution is -0.384. The summed E-state index contributed by atoms with van der Waals surface area (Å²) in [5.74, 6) is -0.419. The number of nitro benzene ring substituents is 1. The van der Waals surface area contributed by atoms with Crippen LogP contribution in [0.2, 0.25) is 0 Å². The second-order valence-corrected chi connectivity index (χ2v) is 7.78. The first-order valence-electron chi connectivity index (χ1n) is 10.9. The SMILES string of the molecule is COc1cc(C(=O)COC(=O)c2ccc(N3CCCCCC3)c([N+](=O)[O-])c2)cc(OC)c1OC. The summed E-state index contributed by atoms with van der Waals surface area (Å²) in [6.07, 6.45) is 4.11. The Morgan fingerprint density at radius 1 is 0.912 bits per heavy atom. The number of Topliss-reactive ketones (excluding diaryl/α,β-unsaturated/α-hetero) is 1. The number of hydrogen-bond donors (Lipinski definition) is 0. The second-order valence-electron chi connectivity index (χ2n) is 7.78. The number of ketones is 1. The fourth-order valence-electron chi connectivity index (χ4n) is 3.92. The molecule has 1 heterocycles. The van der Waals surface area contributed by atoms with Crippen LogP contribution in [0.5, 0.6) is 17.2 Å². The van der Waals surface area contributed by atoms with E-state index in [-0.39, 0.29) is 28.3 Å². The molecule has 0 unspecified atom stereocenters. The monoisotopic (exact) mass is 472 g/mol. The Hall–Kier alpha value is -3.82. The number of anilines is 1. The number of methoxy groups -OCH3 is 3. The van der Waals surface area contributed by atoms with E-state index < -0.39 is 23.3 Å². The molecule has 34 heavy (non-hydrogen) atoms. The molecule has 0 N–H and O–H groups in total.